The number of benzene rings is 1. The first-order valence-electron chi connectivity index (χ1n) is 5.33. The minimum absolute atomic E-state index is 0.0395. The van der Waals surface area contributed by atoms with Crippen molar-refractivity contribution in [3.63, 3.8) is 0 Å². The molecule has 0 aliphatic carbocycles. The molecule has 102 valence electrons. The van der Waals surface area contributed by atoms with Gasteiger partial charge in [0, 0.05) is 28.9 Å². The van der Waals surface area contributed by atoms with E-state index in [1.54, 1.807) is 6.07 Å². The molecule has 0 amide bonds. The Morgan fingerprint density at radius 1 is 1.21 bits per heavy atom. The van der Waals surface area contributed by atoms with Crippen LogP contribution < -0.4 is 10.5 Å². The average molecular weight is 274 g/mol. The zero-order chi connectivity index (χ0) is 14.0. The van der Waals surface area contributed by atoms with Gasteiger partial charge in [-0.05, 0) is 18.2 Å². The Bertz CT molecular complexity index is 589. The maximum atomic E-state index is 12.8. The van der Waals surface area contributed by atoms with Gasteiger partial charge in [-0.3, -0.25) is 4.98 Å². The molecular formula is C12H10F4N2O. The summed E-state index contributed by atoms with van der Waals surface area (Å²) in [4.78, 5) is 3.82. The fraction of sp³-hybridized carbons (Fsp3) is 0.250. The summed E-state index contributed by atoms with van der Waals surface area (Å²) in [7, 11) is 0. The van der Waals surface area contributed by atoms with Gasteiger partial charge in [0.15, 0.2) is 6.61 Å². The number of nitrogens with two attached hydrogens (primary N) is 1. The number of aromatic nitrogens is 1. The normalized spacial score (nSPS) is 12.1. The molecule has 0 saturated carbocycles. The quantitative estimate of drug-likeness (QED) is 0.688. The molecule has 1 heterocycles. The van der Waals surface area contributed by atoms with Crippen LogP contribution in [-0.2, 0) is 0 Å². The number of pyridine rings is 1. The molecule has 7 heteroatoms. The van der Waals surface area contributed by atoms with Crippen molar-refractivity contribution >= 4 is 16.5 Å². The van der Waals surface area contributed by atoms with E-state index in [4.69, 9.17) is 10.5 Å². The van der Waals surface area contributed by atoms with E-state index in [1.807, 2.05) is 0 Å². The molecule has 0 aliphatic heterocycles. The fourth-order valence-electron chi connectivity index (χ4n) is 1.55. The number of ether oxygens (including phenoxy) is 1. The van der Waals surface area contributed by atoms with E-state index in [9.17, 15) is 17.6 Å². The number of hydrogen-bond donors (Lipinski definition) is 1. The van der Waals surface area contributed by atoms with E-state index in [2.05, 4.69) is 4.98 Å². The van der Waals surface area contributed by atoms with Crippen LogP contribution >= 0.6 is 0 Å². The lowest BCUT2D eigenvalue weighted by Crippen LogP contribution is -2.33. The molecule has 0 spiro atoms. The van der Waals surface area contributed by atoms with Gasteiger partial charge in [0.25, 0.3) is 0 Å². The molecule has 1 aromatic heterocycles. The zero-order valence-corrected chi connectivity index (χ0v) is 9.62. The molecule has 0 radical (unpaired) electrons. The van der Waals surface area contributed by atoms with E-state index in [1.165, 1.54) is 24.5 Å². The Labute approximate surface area is 106 Å². The smallest absolute Gasteiger partial charge is 0.340 e. The summed E-state index contributed by atoms with van der Waals surface area (Å²) in [5, 5.41) is 0.959. The summed E-state index contributed by atoms with van der Waals surface area (Å²) in [6.07, 6.45) is -0.914. The van der Waals surface area contributed by atoms with Gasteiger partial charge < -0.3 is 10.5 Å². The molecular weight excluding hydrogens is 264 g/mol. The van der Waals surface area contributed by atoms with Crippen LogP contribution in [0, 0.1) is 0 Å². The Kier molecular flexibility index (Phi) is 3.46. The number of rotatable bonds is 4. The Morgan fingerprint density at radius 2 is 1.95 bits per heavy atom. The van der Waals surface area contributed by atoms with Crippen LogP contribution in [0.3, 0.4) is 0 Å². The number of hydrogen-bond acceptors (Lipinski definition) is 3. The van der Waals surface area contributed by atoms with Crippen LogP contribution in [0.5, 0.6) is 5.75 Å². The predicted octanol–water partition coefficient (Wildman–Crippen LogP) is 3.10. The summed E-state index contributed by atoms with van der Waals surface area (Å²) in [5.41, 5.74) is 6.13. The first kappa shape index (κ1) is 13.4. The second kappa shape index (κ2) is 4.91. The number of fused-ring (bicyclic) bond motifs is 1. The Morgan fingerprint density at radius 3 is 2.63 bits per heavy atom. The van der Waals surface area contributed by atoms with Crippen LogP contribution in [-0.4, -0.2) is 23.9 Å². The first-order chi connectivity index (χ1) is 8.92. The van der Waals surface area contributed by atoms with Crippen LogP contribution in [0.15, 0.2) is 30.6 Å². The summed E-state index contributed by atoms with van der Waals surface area (Å²) in [6.45, 7) is -1.40. The lowest BCUT2D eigenvalue weighted by atomic mass is 10.1. The van der Waals surface area contributed by atoms with Gasteiger partial charge in [-0.25, -0.2) is 8.78 Å². The van der Waals surface area contributed by atoms with Crippen molar-refractivity contribution in [2.24, 2.45) is 0 Å². The molecule has 0 fully saturated rings. The number of alkyl halides is 4. The van der Waals surface area contributed by atoms with Gasteiger partial charge in [-0.2, -0.15) is 8.78 Å². The molecule has 0 bridgehead atoms. The van der Waals surface area contributed by atoms with Gasteiger partial charge in [0.1, 0.15) is 5.75 Å². The number of nitrogen functional groups attached to an aromatic ring is 1. The molecule has 2 N–H and O–H groups in total. The molecule has 1 aromatic carbocycles. The zero-order valence-electron chi connectivity index (χ0n) is 9.62. The Balaban J connectivity index is 2.29. The molecule has 19 heavy (non-hydrogen) atoms. The van der Waals surface area contributed by atoms with E-state index < -0.39 is 19.0 Å². The molecule has 3 nitrogen and oxygen atoms in total. The van der Waals surface area contributed by atoms with E-state index >= 15 is 0 Å². The summed E-state index contributed by atoms with van der Waals surface area (Å²) in [5.74, 6) is -4.16. The van der Waals surface area contributed by atoms with Gasteiger partial charge in [0.05, 0.1) is 0 Å². The summed E-state index contributed by atoms with van der Waals surface area (Å²) in [6, 6.07) is 4.39. The highest BCUT2D eigenvalue weighted by Gasteiger charge is 2.41. The SMILES string of the molecule is Nc1ccc(OCC(F)(F)C(F)F)c2cnccc12. The van der Waals surface area contributed by atoms with Crippen LogP contribution in [0.4, 0.5) is 23.2 Å². The van der Waals surface area contributed by atoms with Crippen molar-refractivity contribution in [3.8, 4) is 5.75 Å². The molecule has 2 rings (SSSR count). The third-order valence-electron chi connectivity index (χ3n) is 2.55. The van der Waals surface area contributed by atoms with Crippen molar-refractivity contribution in [1.82, 2.24) is 4.98 Å². The van der Waals surface area contributed by atoms with Crippen molar-refractivity contribution in [3.05, 3.63) is 30.6 Å². The second-order valence-corrected chi connectivity index (χ2v) is 3.92. The lowest BCUT2D eigenvalue weighted by molar-refractivity contribution is -0.148. The molecule has 2 aromatic rings. The van der Waals surface area contributed by atoms with Gasteiger partial charge in [-0.1, -0.05) is 0 Å². The highest BCUT2D eigenvalue weighted by molar-refractivity contribution is 5.96. The van der Waals surface area contributed by atoms with E-state index in [0.717, 1.165) is 0 Å². The predicted molar refractivity (Wildman–Crippen MR) is 62.6 cm³/mol. The topological polar surface area (TPSA) is 48.1 Å². The standard InChI is InChI=1S/C12H10F4N2O/c13-11(14)12(15,16)6-19-10-2-1-9(17)7-3-4-18-5-8(7)10/h1-5,11H,6,17H2. The third kappa shape index (κ3) is 2.69. The van der Waals surface area contributed by atoms with Gasteiger partial charge in [-0.15, -0.1) is 0 Å². The molecule has 0 unspecified atom stereocenters. The monoisotopic (exact) mass is 274 g/mol. The minimum Gasteiger partial charge on any atom is -0.486 e. The van der Waals surface area contributed by atoms with Crippen LogP contribution in [0.2, 0.25) is 0 Å². The summed E-state index contributed by atoms with van der Waals surface area (Å²) >= 11 is 0. The number of halogens is 4. The largest absolute Gasteiger partial charge is 0.486 e. The van der Waals surface area contributed by atoms with E-state index in [0.29, 0.717) is 16.5 Å². The first-order valence-corrected chi connectivity index (χ1v) is 5.33. The van der Waals surface area contributed by atoms with Crippen molar-refractivity contribution in [1.29, 1.82) is 0 Å². The highest BCUT2D eigenvalue weighted by atomic mass is 19.3. The lowest BCUT2D eigenvalue weighted by Gasteiger charge is -2.17. The average Bonchev–Trinajstić information content (AvgIpc) is 2.38. The maximum absolute atomic E-state index is 12.8. The number of anilines is 1. The van der Waals surface area contributed by atoms with Crippen molar-refractivity contribution in [2.45, 2.75) is 12.3 Å². The van der Waals surface area contributed by atoms with Crippen molar-refractivity contribution < 1.29 is 22.3 Å². The minimum atomic E-state index is -4.20. The molecule has 0 saturated heterocycles. The fourth-order valence-corrected chi connectivity index (χ4v) is 1.55. The third-order valence-corrected chi connectivity index (χ3v) is 2.55. The Hall–Kier alpha value is -2.05. The van der Waals surface area contributed by atoms with Crippen LogP contribution in [0.25, 0.3) is 10.8 Å². The highest BCUT2D eigenvalue weighted by Crippen LogP contribution is 2.31. The number of nitrogens with zero attached hydrogens (tertiary/aromatic N) is 1. The maximum Gasteiger partial charge on any atom is 0.340 e. The molecule has 0 aliphatic rings. The summed E-state index contributed by atoms with van der Waals surface area (Å²) < 4.78 is 54.4. The van der Waals surface area contributed by atoms with E-state index in [-0.39, 0.29) is 5.75 Å². The van der Waals surface area contributed by atoms with Gasteiger partial charge in [0.2, 0.25) is 0 Å². The second-order valence-electron chi connectivity index (χ2n) is 3.92. The molecule has 0 atom stereocenters. The van der Waals surface area contributed by atoms with Gasteiger partial charge >= 0.3 is 12.3 Å². The van der Waals surface area contributed by atoms with Crippen molar-refractivity contribution in [2.75, 3.05) is 12.3 Å². The van der Waals surface area contributed by atoms with Crippen LogP contribution in [0.1, 0.15) is 0 Å².